The van der Waals surface area contributed by atoms with Gasteiger partial charge < -0.3 is 45.7 Å². The predicted octanol–water partition coefficient (Wildman–Crippen LogP) is 2.28. The van der Waals surface area contributed by atoms with E-state index in [1.807, 2.05) is 6.92 Å². The number of esters is 1. The van der Waals surface area contributed by atoms with Crippen molar-refractivity contribution in [2.45, 2.75) is 50.9 Å². The summed E-state index contributed by atoms with van der Waals surface area (Å²) in [6, 6.07) is 12.4. The van der Waals surface area contributed by atoms with Gasteiger partial charge in [0, 0.05) is 22.9 Å². The fourth-order valence-corrected chi connectivity index (χ4v) is 4.78. The van der Waals surface area contributed by atoms with Crippen LogP contribution in [0.4, 0.5) is 4.79 Å². The first kappa shape index (κ1) is 33.3. The topological polar surface area (TPSA) is 219 Å². The molecule has 0 fully saturated rings. The van der Waals surface area contributed by atoms with Crippen LogP contribution in [0.2, 0.25) is 0 Å². The van der Waals surface area contributed by atoms with Gasteiger partial charge in [0.2, 0.25) is 5.91 Å². The molecule has 3 atom stereocenters. The third-order valence-corrected chi connectivity index (χ3v) is 7.16. The number of alkyl carbamates (subject to hydrolysis) is 1. The lowest BCUT2D eigenvalue weighted by Crippen LogP contribution is -2.63. The van der Waals surface area contributed by atoms with E-state index in [0.717, 1.165) is 19.1 Å². The molecule has 1 aliphatic rings. The number of nitrogen functional groups attached to an aromatic ring is 1. The molecule has 2 unspecified atom stereocenters. The van der Waals surface area contributed by atoms with Gasteiger partial charge in [-0.1, -0.05) is 54.9 Å². The van der Waals surface area contributed by atoms with Crippen molar-refractivity contribution in [1.29, 1.82) is 5.41 Å². The van der Waals surface area contributed by atoms with E-state index < -0.39 is 42.2 Å². The van der Waals surface area contributed by atoms with E-state index in [1.54, 1.807) is 48.5 Å². The molecule has 2 aromatic carbocycles. The molecule has 15 heteroatoms. The van der Waals surface area contributed by atoms with Gasteiger partial charge in [-0.2, -0.15) is 0 Å². The van der Waals surface area contributed by atoms with Crippen LogP contribution in [0.15, 0.2) is 53.7 Å². The van der Waals surface area contributed by atoms with Crippen LogP contribution in [0, 0.1) is 5.41 Å². The molecule has 0 saturated heterocycles. The van der Waals surface area contributed by atoms with Crippen LogP contribution in [-0.2, 0) is 23.9 Å². The van der Waals surface area contributed by atoms with Crippen molar-refractivity contribution < 1.29 is 38.2 Å². The molecule has 46 heavy (non-hydrogen) atoms. The molecule has 3 amide bonds. The summed E-state index contributed by atoms with van der Waals surface area (Å²) in [5.74, 6) is -2.11. The van der Waals surface area contributed by atoms with Crippen LogP contribution in [0.3, 0.4) is 0 Å². The lowest BCUT2D eigenvalue weighted by molar-refractivity contribution is -0.144. The number of nitrogens with two attached hydrogens (primary N) is 1. The molecular formula is C31H37N7O8. The minimum atomic E-state index is -1.57. The Morgan fingerprint density at radius 3 is 2.50 bits per heavy atom. The Morgan fingerprint density at radius 2 is 1.83 bits per heavy atom. The predicted molar refractivity (Wildman–Crippen MR) is 168 cm³/mol. The maximum absolute atomic E-state index is 13.6. The molecule has 1 aliphatic heterocycles. The monoisotopic (exact) mass is 635 g/mol. The third-order valence-electron chi connectivity index (χ3n) is 7.16. The highest BCUT2D eigenvalue weighted by atomic mass is 16.6. The highest BCUT2D eigenvalue weighted by Crippen LogP contribution is 2.29. The summed E-state index contributed by atoms with van der Waals surface area (Å²) >= 11 is 0. The molecule has 7 N–H and O–H groups in total. The average molecular weight is 636 g/mol. The van der Waals surface area contributed by atoms with Crippen molar-refractivity contribution in [1.82, 2.24) is 20.9 Å². The van der Waals surface area contributed by atoms with E-state index >= 15 is 0 Å². The zero-order valence-corrected chi connectivity index (χ0v) is 25.7. The van der Waals surface area contributed by atoms with Crippen LogP contribution in [0.5, 0.6) is 5.75 Å². The quantitative estimate of drug-likeness (QED) is 0.0502. The number of oxime groups is 1. The number of methoxy groups -OCH3 is 2. The Labute approximate surface area is 264 Å². The number of nitrogens with zero attached hydrogens (tertiary/aromatic N) is 1. The number of aromatic amines is 1. The van der Waals surface area contributed by atoms with Gasteiger partial charge >= 0.3 is 12.1 Å². The SMILES string of the molecule is CCCCOC(=O)NC(C(=O)OC)[C@H](NC(=O)CC1CC(c2ccc(C(=N)N)cc2)=NO1)NC(=O)c1[nH]c2ccccc2c1OC. The molecule has 15 nitrogen and oxygen atoms in total. The number of rotatable bonds is 14. The third kappa shape index (κ3) is 8.11. The standard InChI is InChI=1S/C31H37N7O8/c1-4-5-14-45-31(42)36-25(30(41)44-3)28(37-29(40)24-26(43-2)20-8-6-7-9-21(20)34-24)35-23(39)16-19-15-22(38-46-19)17-10-12-18(13-11-17)27(32)33/h6-13,19,25,28,34H,4-5,14-16H2,1-3H3,(H3,32,33)(H,35,39)(H,36,42)(H,37,40)/t19?,25?,28-/m1/s1. The number of carbonyl (C=O) groups excluding carboxylic acids is 4. The van der Waals surface area contributed by atoms with Crippen LogP contribution in [0.1, 0.15) is 54.2 Å². The molecule has 0 bridgehead atoms. The summed E-state index contributed by atoms with van der Waals surface area (Å²) in [7, 11) is 2.52. The minimum absolute atomic E-state index is 0.0325. The normalized spacial score (nSPS) is 15.1. The number of fused-ring (bicyclic) bond motifs is 1. The maximum Gasteiger partial charge on any atom is 0.407 e. The average Bonchev–Trinajstić information content (AvgIpc) is 3.67. The summed E-state index contributed by atoms with van der Waals surface area (Å²) in [6.45, 7) is 2.02. The molecular weight excluding hydrogens is 598 g/mol. The van der Waals surface area contributed by atoms with Crippen LogP contribution in [-0.4, -0.2) is 79.5 Å². The Balaban J connectivity index is 1.52. The van der Waals surface area contributed by atoms with Gasteiger partial charge in [0.25, 0.3) is 5.91 Å². The van der Waals surface area contributed by atoms with Gasteiger partial charge in [0.05, 0.1) is 33.0 Å². The van der Waals surface area contributed by atoms with Gasteiger partial charge in [-0.05, 0) is 24.1 Å². The second-order valence-corrected chi connectivity index (χ2v) is 10.4. The van der Waals surface area contributed by atoms with Gasteiger partial charge in [-0.25, -0.2) is 9.59 Å². The van der Waals surface area contributed by atoms with Gasteiger partial charge in [0.1, 0.15) is 23.8 Å². The number of ether oxygens (including phenoxy) is 3. The summed E-state index contributed by atoms with van der Waals surface area (Å²) < 4.78 is 15.5. The molecule has 0 saturated carbocycles. The summed E-state index contributed by atoms with van der Waals surface area (Å²) in [5, 5.41) is 19.9. The molecule has 244 valence electrons. The molecule has 1 aromatic heterocycles. The van der Waals surface area contributed by atoms with Crippen LogP contribution < -0.4 is 26.4 Å². The second kappa shape index (κ2) is 15.4. The van der Waals surface area contributed by atoms with Crippen LogP contribution in [0.25, 0.3) is 10.9 Å². The Morgan fingerprint density at radius 1 is 1.09 bits per heavy atom. The first-order valence-corrected chi connectivity index (χ1v) is 14.6. The van der Waals surface area contributed by atoms with Crippen molar-refractivity contribution >= 4 is 46.3 Å². The number of hydrogen-bond donors (Lipinski definition) is 6. The zero-order chi connectivity index (χ0) is 33.2. The molecule has 0 radical (unpaired) electrons. The van der Waals surface area contributed by atoms with Crippen molar-refractivity contribution in [2.75, 3.05) is 20.8 Å². The second-order valence-electron chi connectivity index (χ2n) is 10.4. The highest BCUT2D eigenvalue weighted by molar-refractivity contribution is 6.04. The molecule has 0 aliphatic carbocycles. The fraction of sp³-hybridized carbons (Fsp3) is 0.355. The van der Waals surface area contributed by atoms with E-state index in [9.17, 15) is 19.2 Å². The van der Waals surface area contributed by atoms with E-state index in [1.165, 1.54) is 7.11 Å². The van der Waals surface area contributed by atoms with Gasteiger partial charge in [0.15, 0.2) is 11.8 Å². The number of nitrogens with one attached hydrogen (secondary N) is 5. The highest BCUT2D eigenvalue weighted by Gasteiger charge is 2.36. The Bertz CT molecular complexity index is 1620. The first-order chi connectivity index (χ1) is 22.1. The number of aromatic nitrogens is 1. The first-order valence-electron chi connectivity index (χ1n) is 14.6. The number of unbranched alkanes of at least 4 members (excludes halogenated alkanes) is 1. The van der Waals surface area contributed by atoms with Gasteiger partial charge in [-0.15, -0.1) is 0 Å². The minimum Gasteiger partial charge on any atom is -0.494 e. The smallest absolute Gasteiger partial charge is 0.407 e. The van der Waals surface area contributed by atoms with Crippen molar-refractivity contribution in [2.24, 2.45) is 10.9 Å². The molecule has 0 spiro atoms. The number of H-pyrrole nitrogens is 1. The largest absolute Gasteiger partial charge is 0.494 e. The van der Waals surface area contributed by atoms with E-state index in [4.69, 9.17) is 30.2 Å². The lowest BCUT2D eigenvalue weighted by atomic mass is 10.0. The van der Waals surface area contributed by atoms with E-state index in [2.05, 4.69) is 26.1 Å². The number of hydrogen-bond acceptors (Lipinski definition) is 10. The van der Waals surface area contributed by atoms with E-state index in [-0.39, 0.29) is 30.3 Å². The zero-order valence-electron chi connectivity index (χ0n) is 25.7. The molecule has 4 rings (SSSR count). The van der Waals surface area contributed by atoms with Crippen molar-refractivity contribution in [3.05, 3.63) is 65.4 Å². The van der Waals surface area contributed by atoms with Gasteiger partial charge in [-0.3, -0.25) is 15.0 Å². The summed E-state index contributed by atoms with van der Waals surface area (Å²) in [4.78, 5) is 60.8. The number of amidine groups is 1. The van der Waals surface area contributed by atoms with Crippen molar-refractivity contribution in [3.8, 4) is 5.75 Å². The number of benzene rings is 2. The summed E-state index contributed by atoms with van der Waals surface area (Å²) in [6.07, 6.45) is -1.62. The summed E-state index contributed by atoms with van der Waals surface area (Å²) in [5.41, 5.74) is 8.06. The maximum atomic E-state index is 13.6. The fourth-order valence-electron chi connectivity index (χ4n) is 4.78. The van der Waals surface area contributed by atoms with E-state index in [0.29, 0.717) is 35.0 Å². The number of para-hydroxylation sites is 1. The number of carbonyl (C=O) groups is 4. The molecule has 2 heterocycles. The van der Waals surface area contributed by atoms with Crippen LogP contribution >= 0.6 is 0 Å². The Hall–Kier alpha value is -5.60. The van der Waals surface area contributed by atoms with Crippen molar-refractivity contribution in [3.63, 3.8) is 0 Å². The Kier molecular flexibility index (Phi) is 11.2. The lowest BCUT2D eigenvalue weighted by Gasteiger charge is -2.27. The molecule has 3 aromatic rings. The number of amides is 3.